The van der Waals surface area contributed by atoms with Crippen molar-refractivity contribution in [2.45, 2.75) is 0 Å². The Labute approximate surface area is 280 Å². The molecule has 0 bridgehead atoms. The van der Waals surface area contributed by atoms with Gasteiger partial charge in [-0.2, -0.15) is 0 Å². The molecule has 0 saturated heterocycles. The highest BCUT2D eigenvalue weighted by atomic mass is 15.0. The second kappa shape index (κ2) is 13.1. The molecule has 8 rings (SSSR count). The molecule has 1 N–H and O–H groups in total. The molecule has 0 fully saturated rings. The lowest BCUT2D eigenvalue weighted by Gasteiger charge is -2.14. The summed E-state index contributed by atoms with van der Waals surface area (Å²) in [6, 6.07) is 52.4. The van der Waals surface area contributed by atoms with E-state index in [2.05, 4.69) is 166 Å². The van der Waals surface area contributed by atoms with Gasteiger partial charge >= 0.3 is 0 Å². The first-order chi connectivity index (χ1) is 23.8. The van der Waals surface area contributed by atoms with E-state index in [0.717, 1.165) is 33.4 Å². The highest BCUT2D eigenvalue weighted by molar-refractivity contribution is 6.10. The third-order valence-electron chi connectivity index (χ3n) is 8.72. The summed E-state index contributed by atoms with van der Waals surface area (Å²) in [5.41, 5.74) is 16.0. The van der Waals surface area contributed by atoms with Gasteiger partial charge in [0.25, 0.3) is 0 Å². The van der Waals surface area contributed by atoms with Crippen molar-refractivity contribution in [1.82, 2.24) is 15.3 Å². The Bertz CT molecular complexity index is 2290. The van der Waals surface area contributed by atoms with E-state index in [1.54, 1.807) is 6.33 Å². The molecule has 7 aromatic rings. The monoisotopic (exact) mass is 616 g/mol. The highest BCUT2D eigenvalue weighted by Crippen LogP contribution is 2.36. The molecule has 1 aromatic heterocycles. The maximum absolute atomic E-state index is 4.39. The largest absolute Gasteiger partial charge is 0.372 e. The van der Waals surface area contributed by atoms with Gasteiger partial charge in [-0.3, -0.25) is 4.99 Å². The predicted molar refractivity (Wildman–Crippen MR) is 199 cm³/mol. The molecule has 0 spiro atoms. The molecule has 0 atom stereocenters. The van der Waals surface area contributed by atoms with Gasteiger partial charge in [0.1, 0.15) is 13.0 Å². The van der Waals surface area contributed by atoms with Gasteiger partial charge in [0.2, 0.25) is 0 Å². The van der Waals surface area contributed by atoms with E-state index in [9.17, 15) is 0 Å². The number of rotatable bonds is 7. The van der Waals surface area contributed by atoms with Crippen LogP contribution in [0.15, 0.2) is 176 Å². The fourth-order valence-electron chi connectivity index (χ4n) is 6.27. The summed E-state index contributed by atoms with van der Waals surface area (Å²) in [6.07, 6.45) is 9.23. The van der Waals surface area contributed by atoms with Crippen molar-refractivity contribution in [2.24, 2.45) is 4.99 Å². The third kappa shape index (κ3) is 6.20. The quantitative estimate of drug-likeness (QED) is 0.194. The van der Waals surface area contributed by atoms with Gasteiger partial charge in [-0.05, 0) is 109 Å². The molecule has 4 heteroatoms. The number of hydrogen-bond donors (Lipinski definition) is 1. The van der Waals surface area contributed by atoms with Crippen LogP contribution in [0.3, 0.4) is 0 Å². The van der Waals surface area contributed by atoms with Crippen LogP contribution in [0.4, 0.5) is 0 Å². The van der Waals surface area contributed by atoms with Gasteiger partial charge in [0.15, 0.2) is 0 Å². The number of aliphatic imine (C=N–C) groups is 1. The smallest absolute Gasteiger partial charge is 0.115 e. The summed E-state index contributed by atoms with van der Waals surface area (Å²) in [5.74, 6) is 0. The Hall–Kier alpha value is -6.39. The van der Waals surface area contributed by atoms with Gasteiger partial charge < -0.3 is 5.32 Å². The molecule has 4 nitrogen and oxygen atoms in total. The molecule has 48 heavy (non-hydrogen) atoms. The predicted octanol–water partition coefficient (Wildman–Crippen LogP) is 10.5. The molecular formula is C44H32N4. The Morgan fingerprint density at radius 3 is 1.27 bits per heavy atom. The van der Waals surface area contributed by atoms with Crippen LogP contribution in [0.5, 0.6) is 0 Å². The number of nitrogens with zero attached hydrogens (tertiary/aromatic N) is 3. The van der Waals surface area contributed by atoms with E-state index in [4.69, 9.17) is 0 Å². The van der Waals surface area contributed by atoms with Crippen molar-refractivity contribution in [3.05, 3.63) is 176 Å². The Balaban J connectivity index is 1.20. The first kappa shape index (κ1) is 29.0. The van der Waals surface area contributed by atoms with Crippen LogP contribution in [0.25, 0.3) is 72.3 Å². The minimum atomic E-state index is 0.622. The standard InChI is InChI=1S/C44H32N4/c1-2-8-31(9-3-1)40-22-41(36-14-4-10-32(18-36)34-12-6-16-38(20-34)43-25-45-29-46-26-43)24-42(23-40)37-15-5-11-33(19-37)35-13-7-17-39(21-35)44-27-47-30-48-28-44/h1-29,47H,30H2. The number of hydrogen-bond acceptors (Lipinski definition) is 4. The maximum Gasteiger partial charge on any atom is 0.115 e. The van der Waals surface area contributed by atoms with Crippen LogP contribution < -0.4 is 5.32 Å². The van der Waals surface area contributed by atoms with E-state index in [1.807, 2.05) is 24.8 Å². The Morgan fingerprint density at radius 1 is 0.375 bits per heavy atom. The van der Waals surface area contributed by atoms with Crippen LogP contribution in [0.2, 0.25) is 0 Å². The molecule has 1 aliphatic rings. The van der Waals surface area contributed by atoms with Gasteiger partial charge in [-0.1, -0.05) is 103 Å². The van der Waals surface area contributed by atoms with Crippen LogP contribution >= 0.6 is 0 Å². The molecular weight excluding hydrogens is 585 g/mol. The SMILES string of the molecule is C1=NCNC=C1c1cccc(-c2cccc(-c3cc(-c4ccccc4)cc(-c4cccc(-c5cccc(-c6cncnc6)c5)c4)c3)c2)c1. The lowest BCUT2D eigenvalue weighted by Crippen LogP contribution is -2.10. The number of aromatic nitrogens is 2. The van der Waals surface area contributed by atoms with E-state index < -0.39 is 0 Å². The second-order valence-corrected chi connectivity index (χ2v) is 11.9. The molecule has 0 radical (unpaired) electrons. The maximum atomic E-state index is 4.39. The zero-order valence-corrected chi connectivity index (χ0v) is 26.3. The Morgan fingerprint density at radius 2 is 0.771 bits per heavy atom. The minimum Gasteiger partial charge on any atom is -0.372 e. The molecule has 0 aliphatic carbocycles. The first-order valence-electron chi connectivity index (χ1n) is 16.1. The normalized spacial score (nSPS) is 12.3. The molecule has 0 unspecified atom stereocenters. The van der Waals surface area contributed by atoms with Crippen molar-refractivity contribution in [3.8, 4) is 66.8 Å². The average Bonchev–Trinajstić information content (AvgIpc) is 3.19. The van der Waals surface area contributed by atoms with Crippen molar-refractivity contribution in [2.75, 3.05) is 6.67 Å². The van der Waals surface area contributed by atoms with Crippen LogP contribution in [-0.2, 0) is 0 Å². The molecule has 228 valence electrons. The lowest BCUT2D eigenvalue weighted by atomic mass is 9.91. The van der Waals surface area contributed by atoms with Crippen LogP contribution in [-0.4, -0.2) is 22.9 Å². The number of benzene rings is 6. The lowest BCUT2D eigenvalue weighted by molar-refractivity contribution is 0.882. The van der Waals surface area contributed by atoms with E-state index >= 15 is 0 Å². The minimum absolute atomic E-state index is 0.622. The van der Waals surface area contributed by atoms with Crippen molar-refractivity contribution >= 4 is 11.8 Å². The van der Waals surface area contributed by atoms with Gasteiger partial charge in [-0.25, -0.2) is 9.97 Å². The fraction of sp³-hybridized carbons (Fsp3) is 0.0227. The molecule has 0 saturated carbocycles. The summed E-state index contributed by atoms with van der Waals surface area (Å²) in [4.78, 5) is 12.8. The topological polar surface area (TPSA) is 50.2 Å². The van der Waals surface area contributed by atoms with E-state index in [0.29, 0.717) is 6.67 Å². The van der Waals surface area contributed by atoms with Gasteiger partial charge in [-0.15, -0.1) is 0 Å². The second-order valence-electron chi connectivity index (χ2n) is 11.9. The number of allylic oxidation sites excluding steroid dienone is 1. The van der Waals surface area contributed by atoms with E-state index in [1.165, 1.54) is 44.5 Å². The summed E-state index contributed by atoms with van der Waals surface area (Å²) in [7, 11) is 0. The van der Waals surface area contributed by atoms with Crippen LogP contribution in [0.1, 0.15) is 5.56 Å². The highest BCUT2D eigenvalue weighted by Gasteiger charge is 2.11. The fourth-order valence-corrected chi connectivity index (χ4v) is 6.27. The summed E-state index contributed by atoms with van der Waals surface area (Å²) in [5, 5.41) is 3.22. The van der Waals surface area contributed by atoms with Gasteiger partial charge in [0.05, 0.1) is 0 Å². The van der Waals surface area contributed by atoms with E-state index in [-0.39, 0.29) is 0 Å². The van der Waals surface area contributed by atoms with Crippen molar-refractivity contribution in [1.29, 1.82) is 0 Å². The molecule has 6 aromatic carbocycles. The Kier molecular flexibility index (Phi) is 7.96. The van der Waals surface area contributed by atoms with Gasteiger partial charge in [0, 0.05) is 35.9 Å². The number of nitrogens with one attached hydrogen (secondary N) is 1. The first-order valence-corrected chi connectivity index (χ1v) is 16.1. The molecule has 1 aliphatic heterocycles. The zero-order chi connectivity index (χ0) is 32.1. The molecule has 2 heterocycles. The van der Waals surface area contributed by atoms with Crippen molar-refractivity contribution < 1.29 is 0 Å². The zero-order valence-electron chi connectivity index (χ0n) is 26.3. The average molecular weight is 617 g/mol. The third-order valence-corrected chi connectivity index (χ3v) is 8.72. The summed E-state index contributed by atoms with van der Waals surface area (Å²) < 4.78 is 0. The summed E-state index contributed by atoms with van der Waals surface area (Å²) >= 11 is 0. The molecule has 0 amide bonds. The van der Waals surface area contributed by atoms with Crippen molar-refractivity contribution in [3.63, 3.8) is 0 Å². The summed E-state index contributed by atoms with van der Waals surface area (Å²) in [6.45, 7) is 0.622. The van der Waals surface area contributed by atoms with Crippen LogP contribution in [0, 0.1) is 0 Å².